The summed E-state index contributed by atoms with van der Waals surface area (Å²) in [5.74, 6) is -0.384. The van der Waals surface area contributed by atoms with Crippen LogP contribution >= 0.6 is 0 Å². The van der Waals surface area contributed by atoms with Gasteiger partial charge >= 0.3 is 6.18 Å². The lowest BCUT2D eigenvalue weighted by atomic mass is 9.91. The molecule has 0 saturated carbocycles. The van der Waals surface area contributed by atoms with E-state index in [2.05, 4.69) is 0 Å². The van der Waals surface area contributed by atoms with Crippen LogP contribution in [0.2, 0.25) is 0 Å². The van der Waals surface area contributed by atoms with Crippen molar-refractivity contribution in [1.82, 2.24) is 0 Å². The van der Waals surface area contributed by atoms with Gasteiger partial charge in [-0.3, -0.25) is 0 Å². The third-order valence-electron chi connectivity index (χ3n) is 2.65. The minimum atomic E-state index is -4.01. The molecule has 0 fully saturated rings. The molecule has 0 aliphatic heterocycles. The van der Waals surface area contributed by atoms with Crippen LogP contribution in [-0.4, -0.2) is 6.18 Å². The van der Waals surface area contributed by atoms with E-state index in [4.69, 9.17) is 0 Å². The van der Waals surface area contributed by atoms with Gasteiger partial charge in [0.1, 0.15) is 0 Å². The van der Waals surface area contributed by atoms with Crippen LogP contribution in [0.1, 0.15) is 53.4 Å². The first-order valence-electron chi connectivity index (χ1n) is 5.80. The monoisotopic (exact) mass is 224 g/mol. The third kappa shape index (κ3) is 7.69. The second-order valence-electron chi connectivity index (χ2n) is 5.18. The quantitative estimate of drug-likeness (QED) is 0.593. The summed E-state index contributed by atoms with van der Waals surface area (Å²) in [7, 11) is 0. The van der Waals surface area contributed by atoms with Crippen molar-refractivity contribution in [3.8, 4) is 0 Å². The predicted molar refractivity (Wildman–Crippen MR) is 57.7 cm³/mol. The van der Waals surface area contributed by atoms with E-state index >= 15 is 0 Å². The Morgan fingerprint density at radius 2 is 1.07 bits per heavy atom. The fourth-order valence-corrected chi connectivity index (χ4v) is 1.54. The predicted octanol–water partition coefficient (Wildman–Crippen LogP) is 5.04. The van der Waals surface area contributed by atoms with Crippen LogP contribution in [0.5, 0.6) is 0 Å². The summed E-state index contributed by atoms with van der Waals surface area (Å²) in [6.45, 7) is 7.87. The van der Waals surface area contributed by atoms with Crippen LogP contribution in [0.25, 0.3) is 0 Å². The van der Waals surface area contributed by atoms with Crippen molar-refractivity contribution < 1.29 is 13.2 Å². The molecular weight excluding hydrogens is 201 g/mol. The molecule has 0 heterocycles. The highest BCUT2D eigenvalue weighted by Crippen LogP contribution is 2.34. The minimum Gasteiger partial charge on any atom is -0.171 e. The molecule has 3 heteroatoms. The van der Waals surface area contributed by atoms with Gasteiger partial charge in [0, 0.05) is 0 Å². The summed E-state index contributed by atoms with van der Waals surface area (Å²) in [6, 6.07) is 0. The highest BCUT2D eigenvalue weighted by atomic mass is 19.4. The fraction of sp³-hybridized carbons (Fsp3) is 1.00. The summed E-state index contributed by atoms with van der Waals surface area (Å²) in [4.78, 5) is 0. The molecular formula is C12H23F3. The molecule has 0 N–H and O–H groups in total. The summed E-state index contributed by atoms with van der Waals surface area (Å²) >= 11 is 0. The van der Waals surface area contributed by atoms with Crippen LogP contribution in [0.4, 0.5) is 13.2 Å². The maximum absolute atomic E-state index is 12.6. The SMILES string of the molecule is CC(C)CCC(CCC(C)C)C(F)(F)F. The average Bonchev–Trinajstić information content (AvgIpc) is 2.00. The van der Waals surface area contributed by atoms with Crippen molar-refractivity contribution in [2.75, 3.05) is 0 Å². The van der Waals surface area contributed by atoms with Crippen molar-refractivity contribution in [3.63, 3.8) is 0 Å². The maximum Gasteiger partial charge on any atom is 0.391 e. The lowest BCUT2D eigenvalue weighted by Gasteiger charge is -2.21. The molecule has 0 unspecified atom stereocenters. The Bertz CT molecular complexity index is 147. The van der Waals surface area contributed by atoms with Crippen molar-refractivity contribution in [1.29, 1.82) is 0 Å². The van der Waals surface area contributed by atoms with Crippen molar-refractivity contribution in [2.45, 2.75) is 59.6 Å². The van der Waals surface area contributed by atoms with Gasteiger partial charge in [-0.1, -0.05) is 40.5 Å². The van der Waals surface area contributed by atoms with Crippen LogP contribution in [0, 0.1) is 17.8 Å². The lowest BCUT2D eigenvalue weighted by molar-refractivity contribution is -0.179. The molecule has 0 nitrogen and oxygen atoms in total. The van der Waals surface area contributed by atoms with Gasteiger partial charge in [-0.25, -0.2) is 0 Å². The van der Waals surface area contributed by atoms with Gasteiger partial charge in [0.05, 0.1) is 5.92 Å². The van der Waals surface area contributed by atoms with Gasteiger partial charge in [0.25, 0.3) is 0 Å². The number of rotatable bonds is 6. The first kappa shape index (κ1) is 14.8. The van der Waals surface area contributed by atoms with Gasteiger partial charge in [-0.05, 0) is 24.7 Å². The van der Waals surface area contributed by atoms with Crippen LogP contribution in [0.3, 0.4) is 0 Å². The van der Waals surface area contributed by atoms with E-state index in [0.717, 1.165) is 0 Å². The van der Waals surface area contributed by atoms with Crippen molar-refractivity contribution in [2.24, 2.45) is 17.8 Å². The molecule has 0 aliphatic rings. The van der Waals surface area contributed by atoms with Gasteiger partial charge in [0.15, 0.2) is 0 Å². The smallest absolute Gasteiger partial charge is 0.171 e. The van der Waals surface area contributed by atoms with Crippen molar-refractivity contribution in [3.05, 3.63) is 0 Å². The first-order chi connectivity index (χ1) is 6.73. The van der Waals surface area contributed by atoms with Gasteiger partial charge in [-0.2, -0.15) is 13.2 Å². The molecule has 0 bridgehead atoms. The van der Waals surface area contributed by atoms with E-state index in [-0.39, 0.29) is 12.8 Å². The second kappa shape index (κ2) is 6.39. The molecule has 0 spiro atoms. The number of alkyl halides is 3. The Morgan fingerprint density at radius 3 is 1.27 bits per heavy atom. The zero-order chi connectivity index (χ0) is 12.1. The average molecular weight is 224 g/mol. The highest BCUT2D eigenvalue weighted by Gasteiger charge is 2.38. The minimum absolute atomic E-state index is 0.286. The summed E-state index contributed by atoms with van der Waals surface area (Å²) in [5, 5.41) is 0. The zero-order valence-electron chi connectivity index (χ0n) is 10.2. The van der Waals surface area contributed by atoms with E-state index in [9.17, 15) is 13.2 Å². The third-order valence-corrected chi connectivity index (χ3v) is 2.65. The highest BCUT2D eigenvalue weighted by molar-refractivity contribution is 4.69. The molecule has 92 valence electrons. The largest absolute Gasteiger partial charge is 0.391 e. The molecule has 0 saturated heterocycles. The molecule has 0 rings (SSSR count). The van der Waals surface area contributed by atoms with E-state index in [0.29, 0.717) is 24.7 Å². The molecule has 0 aromatic carbocycles. The topological polar surface area (TPSA) is 0 Å². The Morgan fingerprint density at radius 1 is 0.733 bits per heavy atom. The molecule has 0 radical (unpaired) electrons. The normalized spacial score (nSPS) is 13.2. The second-order valence-corrected chi connectivity index (χ2v) is 5.18. The molecule has 15 heavy (non-hydrogen) atoms. The number of hydrogen-bond acceptors (Lipinski definition) is 0. The van der Waals surface area contributed by atoms with E-state index in [1.54, 1.807) is 0 Å². The molecule has 0 amide bonds. The lowest BCUT2D eigenvalue weighted by Crippen LogP contribution is -2.23. The van der Waals surface area contributed by atoms with Gasteiger partial charge < -0.3 is 0 Å². The summed E-state index contributed by atoms with van der Waals surface area (Å²) in [6.07, 6.45) is -2.10. The van der Waals surface area contributed by atoms with Crippen molar-refractivity contribution >= 4 is 0 Å². The number of halogens is 3. The molecule has 0 aliphatic carbocycles. The van der Waals surface area contributed by atoms with Gasteiger partial charge in [0.2, 0.25) is 0 Å². The Kier molecular flexibility index (Phi) is 6.30. The fourth-order valence-electron chi connectivity index (χ4n) is 1.54. The van der Waals surface area contributed by atoms with Gasteiger partial charge in [-0.15, -0.1) is 0 Å². The van der Waals surface area contributed by atoms with Crippen LogP contribution < -0.4 is 0 Å². The maximum atomic E-state index is 12.6. The van der Waals surface area contributed by atoms with Crippen LogP contribution in [0.15, 0.2) is 0 Å². The first-order valence-corrected chi connectivity index (χ1v) is 5.80. The zero-order valence-corrected chi connectivity index (χ0v) is 10.2. The Hall–Kier alpha value is -0.210. The van der Waals surface area contributed by atoms with E-state index < -0.39 is 12.1 Å². The molecule has 0 aromatic heterocycles. The molecule has 0 atom stereocenters. The van der Waals surface area contributed by atoms with E-state index in [1.165, 1.54) is 0 Å². The Balaban J connectivity index is 4.08. The van der Waals surface area contributed by atoms with Crippen LogP contribution in [-0.2, 0) is 0 Å². The summed E-state index contributed by atoms with van der Waals surface area (Å²) < 4.78 is 37.9. The Labute approximate surface area is 91.3 Å². The van der Waals surface area contributed by atoms with E-state index in [1.807, 2.05) is 27.7 Å². The number of hydrogen-bond donors (Lipinski definition) is 0. The standard InChI is InChI=1S/C12H23F3/c1-9(2)5-7-11(12(13,14)15)8-6-10(3)4/h9-11H,5-8H2,1-4H3. The summed E-state index contributed by atoms with van der Waals surface area (Å²) in [5.41, 5.74) is 0. The molecule has 0 aromatic rings.